The van der Waals surface area contributed by atoms with Crippen molar-refractivity contribution in [1.29, 1.82) is 0 Å². The van der Waals surface area contributed by atoms with Gasteiger partial charge < -0.3 is 10.8 Å². The van der Waals surface area contributed by atoms with Gasteiger partial charge in [0.05, 0.1) is 5.60 Å². The minimum atomic E-state index is -0.466. The first-order valence-electron chi connectivity index (χ1n) is 5.06. The number of hydrogen-bond donors (Lipinski definition) is 2. The maximum Gasteiger partial charge on any atom is 0.0687 e. The highest BCUT2D eigenvalue weighted by atomic mass is 16.3. The Morgan fingerprint density at radius 2 is 2.33 bits per heavy atom. The van der Waals surface area contributed by atoms with E-state index in [1.807, 2.05) is 0 Å². The van der Waals surface area contributed by atoms with Crippen molar-refractivity contribution in [3.05, 3.63) is 0 Å². The summed E-state index contributed by atoms with van der Waals surface area (Å²) in [6.45, 7) is 4.25. The van der Waals surface area contributed by atoms with Crippen LogP contribution in [-0.4, -0.2) is 16.7 Å². The van der Waals surface area contributed by atoms with Gasteiger partial charge in [-0.2, -0.15) is 0 Å². The first-order chi connectivity index (χ1) is 5.58. The minimum absolute atomic E-state index is 0.220. The highest BCUT2D eigenvalue weighted by Gasteiger charge is 2.36. The van der Waals surface area contributed by atoms with Gasteiger partial charge in [-0.1, -0.05) is 20.3 Å². The second-order valence-corrected chi connectivity index (χ2v) is 4.27. The molecule has 1 saturated carbocycles. The van der Waals surface area contributed by atoms with Crippen LogP contribution in [-0.2, 0) is 0 Å². The fraction of sp³-hybridized carbons (Fsp3) is 1.00. The predicted octanol–water partition coefficient (Wildman–Crippen LogP) is 1.66. The van der Waals surface area contributed by atoms with Crippen LogP contribution in [0.3, 0.4) is 0 Å². The molecule has 0 aromatic heterocycles. The molecule has 1 rings (SSSR count). The third-order valence-electron chi connectivity index (χ3n) is 3.33. The Morgan fingerprint density at radius 3 is 2.83 bits per heavy atom. The van der Waals surface area contributed by atoms with E-state index in [0.717, 1.165) is 32.1 Å². The van der Waals surface area contributed by atoms with E-state index in [2.05, 4.69) is 13.8 Å². The zero-order chi connectivity index (χ0) is 9.19. The number of rotatable bonds is 2. The summed E-state index contributed by atoms with van der Waals surface area (Å²) in [6, 6.07) is 0.220. The van der Waals surface area contributed by atoms with Gasteiger partial charge in [0.2, 0.25) is 0 Å². The monoisotopic (exact) mass is 171 g/mol. The lowest BCUT2D eigenvalue weighted by molar-refractivity contribution is -0.0493. The molecule has 3 N–H and O–H groups in total. The van der Waals surface area contributed by atoms with Crippen LogP contribution in [0.1, 0.15) is 46.0 Å². The summed E-state index contributed by atoms with van der Waals surface area (Å²) in [4.78, 5) is 0. The van der Waals surface area contributed by atoms with E-state index in [-0.39, 0.29) is 6.04 Å². The highest BCUT2D eigenvalue weighted by Crippen LogP contribution is 2.35. The molecule has 0 bridgehead atoms. The SMILES string of the molecule is CCC(C)C1(O)CCCC(N)C1. The second kappa shape index (κ2) is 3.75. The molecule has 0 radical (unpaired) electrons. The van der Waals surface area contributed by atoms with Gasteiger partial charge in [0.25, 0.3) is 0 Å². The standard InChI is InChI=1S/C10H21NO/c1-3-8(2)10(12)6-4-5-9(11)7-10/h8-9,12H,3-7,11H2,1-2H3. The van der Waals surface area contributed by atoms with Gasteiger partial charge in [-0.05, 0) is 31.6 Å². The Balaban J connectivity index is 2.56. The second-order valence-electron chi connectivity index (χ2n) is 4.27. The van der Waals surface area contributed by atoms with Gasteiger partial charge in [-0.3, -0.25) is 0 Å². The summed E-state index contributed by atoms with van der Waals surface area (Å²) in [6.07, 6.45) is 4.95. The molecule has 0 aromatic carbocycles. The molecular weight excluding hydrogens is 150 g/mol. The van der Waals surface area contributed by atoms with Crippen LogP contribution in [0, 0.1) is 5.92 Å². The summed E-state index contributed by atoms with van der Waals surface area (Å²) >= 11 is 0. The molecule has 0 aromatic rings. The smallest absolute Gasteiger partial charge is 0.0687 e. The molecule has 3 atom stereocenters. The lowest BCUT2D eigenvalue weighted by atomic mass is 9.74. The first kappa shape index (κ1) is 10.0. The van der Waals surface area contributed by atoms with E-state index >= 15 is 0 Å². The molecule has 12 heavy (non-hydrogen) atoms. The van der Waals surface area contributed by atoms with Crippen molar-refractivity contribution in [2.75, 3.05) is 0 Å². The van der Waals surface area contributed by atoms with Crippen molar-refractivity contribution in [2.45, 2.75) is 57.6 Å². The summed E-state index contributed by atoms with van der Waals surface area (Å²) < 4.78 is 0. The highest BCUT2D eigenvalue weighted by molar-refractivity contribution is 4.91. The van der Waals surface area contributed by atoms with E-state index in [1.54, 1.807) is 0 Å². The largest absolute Gasteiger partial charge is 0.390 e. The Hall–Kier alpha value is -0.0800. The Labute approximate surface area is 75.2 Å². The minimum Gasteiger partial charge on any atom is -0.390 e. The fourth-order valence-electron chi connectivity index (χ4n) is 2.16. The number of aliphatic hydroxyl groups is 1. The third-order valence-corrected chi connectivity index (χ3v) is 3.33. The molecule has 2 heteroatoms. The summed E-state index contributed by atoms with van der Waals surface area (Å²) in [5.41, 5.74) is 5.38. The van der Waals surface area contributed by atoms with Gasteiger partial charge in [0.1, 0.15) is 0 Å². The predicted molar refractivity (Wildman–Crippen MR) is 50.8 cm³/mol. The molecule has 0 aliphatic heterocycles. The average molecular weight is 171 g/mol. The topological polar surface area (TPSA) is 46.2 Å². The summed E-state index contributed by atoms with van der Waals surface area (Å²) in [5, 5.41) is 10.2. The summed E-state index contributed by atoms with van der Waals surface area (Å²) in [7, 11) is 0. The maximum absolute atomic E-state index is 10.2. The van der Waals surface area contributed by atoms with E-state index in [4.69, 9.17) is 5.73 Å². The van der Waals surface area contributed by atoms with Crippen LogP contribution < -0.4 is 5.73 Å². The van der Waals surface area contributed by atoms with Crippen molar-refractivity contribution in [2.24, 2.45) is 11.7 Å². The van der Waals surface area contributed by atoms with Crippen molar-refractivity contribution in [1.82, 2.24) is 0 Å². The molecule has 0 amide bonds. The van der Waals surface area contributed by atoms with E-state index in [9.17, 15) is 5.11 Å². The maximum atomic E-state index is 10.2. The molecule has 2 nitrogen and oxygen atoms in total. The van der Waals surface area contributed by atoms with Crippen LogP contribution in [0.2, 0.25) is 0 Å². The van der Waals surface area contributed by atoms with Gasteiger partial charge >= 0.3 is 0 Å². The van der Waals surface area contributed by atoms with Crippen molar-refractivity contribution >= 4 is 0 Å². The van der Waals surface area contributed by atoms with Gasteiger partial charge in [0, 0.05) is 6.04 Å². The Kier molecular flexibility index (Phi) is 3.13. The summed E-state index contributed by atoms with van der Waals surface area (Å²) in [5.74, 6) is 0.392. The van der Waals surface area contributed by atoms with Crippen LogP contribution in [0.15, 0.2) is 0 Å². The molecule has 1 aliphatic carbocycles. The lowest BCUT2D eigenvalue weighted by Crippen LogP contribution is -2.45. The normalized spacial score (nSPS) is 39.5. The third kappa shape index (κ3) is 1.99. The molecular formula is C10H21NO. The van der Waals surface area contributed by atoms with Crippen LogP contribution in [0.25, 0.3) is 0 Å². The van der Waals surface area contributed by atoms with Crippen molar-refractivity contribution in [3.8, 4) is 0 Å². The van der Waals surface area contributed by atoms with E-state index < -0.39 is 5.60 Å². The quantitative estimate of drug-likeness (QED) is 0.664. The van der Waals surface area contributed by atoms with Gasteiger partial charge in [-0.25, -0.2) is 0 Å². The molecule has 0 saturated heterocycles. The lowest BCUT2D eigenvalue weighted by Gasteiger charge is -2.39. The number of nitrogens with two attached hydrogens (primary N) is 1. The molecule has 1 fully saturated rings. The Morgan fingerprint density at radius 1 is 1.67 bits per heavy atom. The van der Waals surface area contributed by atoms with E-state index in [1.165, 1.54) is 0 Å². The van der Waals surface area contributed by atoms with Gasteiger partial charge in [-0.15, -0.1) is 0 Å². The number of hydrogen-bond acceptors (Lipinski definition) is 2. The van der Waals surface area contributed by atoms with Crippen LogP contribution in [0.4, 0.5) is 0 Å². The average Bonchev–Trinajstić information content (AvgIpc) is 2.02. The van der Waals surface area contributed by atoms with Crippen molar-refractivity contribution in [3.63, 3.8) is 0 Å². The van der Waals surface area contributed by atoms with Gasteiger partial charge in [0.15, 0.2) is 0 Å². The molecule has 72 valence electrons. The zero-order valence-corrected chi connectivity index (χ0v) is 8.21. The molecule has 3 unspecified atom stereocenters. The molecule has 1 aliphatic rings. The van der Waals surface area contributed by atoms with E-state index in [0.29, 0.717) is 5.92 Å². The molecule has 0 spiro atoms. The Bertz CT molecular complexity index is 149. The zero-order valence-electron chi connectivity index (χ0n) is 8.21. The van der Waals surface area contributed by atoms with Crippen LogP contribution >= 0.6 is 0 Å². The molecule has 0 heterocycles. The first-order valence-corrected chi connectivity index (χ1v) is 5.06. The fourth-order valence-corrected chi connectivity index (χ4v) is 2.16. The van der Waals surface area contributed by atoms with Crippen molar-refractivity contribution < 1.29 is 5.11 Å². The van der Waals surface area contributed by atoms with Crippen LogP contribution in [0.5, 0.6) is 0 Å².